The molecule has 0 aliphatic carbocycles. The Balaban J connectivity index is 1.69. The van der Waals surface area contributed by atoms with Crippen LogP contribution in [-0.2, 0) is 6.42 Å². The van der Waals surface area contributed by atoms with Crippen molar-refractivity contribution in [2.75, 3.05) is 25.5 Å². The molecule has 0 saturated carbocycles. The predicted octanol–water partition coefficient (Wildman–Crippen LogP) is 3.07. The molecule has 0 radical (unpaired) electrons. The molecule has 2 aromatic heterocycles. The SMILES string of the molecule is CN(CCc1ccncc1)C(=O)c1cncc(C(=O)N(C)c2ccccc2)c1. The van der Waals surface area contributed by atoms with E-state index in [0.717, 1.165) is 17.7 Å². The third-order valence-electron chi connectivity index (χ3n) is 4.51. The summed E-state index contributed by atoms with van der Waals surface area (Å²) in [6.07, 6.45) is 7.17. The highest BCUT2D eigenvalue weighted by molar-refractivity contribution is 6.07. The summed E-state index contributed by atoms with van der Waals surface area (Å²) in [4.78, 5) is 36.7. The number of aromatic nitrogens is 2. The van der Waals surface area contributed by atoms with Gasteiger partial charge in [0.25, 0.3) is 11.8 Å². The lowest BCUT2D eigenvalue weighted by molar-refractivity contribution is 0.0796. The first-order valence-corrected chi connectivity index (χ1v) is 8.99. The van der Waals surface area contributed by atoms with Crippen molar-refractivity contribution < 1.29 is 9.59 Å². The summed E-state index contributed by atoms with van der Waals surface area (Å²) >= 11 is 0. The van der Waals surface area contributed by atoms with Crippen molar-refractivity contribution >= 4 is 17.5 Å². The Bertz CT molecular complexity index is 945. The zero-order valence-corrected chi connectivity index (χ0v) is 15.9. The van der Waals surface area contributed by atoms with Crippen molar-refractivity contribution in [3.63, 3.8) is 0 Å². The number of likely N-dealkylation sites (N-methyl/N-ethyl adjacent to an activating group) is 1. The Hall–Kier alpha value is -3.54. The topological polar surface area (TPSA) is 66.4 Å². The average Bonchev–Trinajstić information content (AvgIpc) is 2.77. The normalized spacial score (nSPS) is 10.4. The van der Waals surface area contributed by atoms with Gasteiger partial charge < -0.3 is 9.80 Å². The van der Waals surface area contributed by atoms with Crippen LogP contribution in [0.15, 0.2) is 73.3 Å². The van der Waals surface area contributed by atoms with Crippen molar-refractivity contribution in [1.29, 1.82) is 0 Å². The number of benzene rings is 1. The van der Waals surface area contributed by atoms with E-state index in [2.05, 4.69) is 9.97 Å². The quantitative estimate of drug-likeness (QED) is 0.665. The number of pyridine rings is 2. The fourth-order valence-corrected chi connectivity index (χ4v) is 2.80. The summed E-state index contributed by atoms with van der Waals surface area (Å²) in [6, 6.07) is 14.8. The molecule has 2 heterocycles. The van der Waals surface area contributed by atoms with Crippen LogP contribution in [0.1, 0.15) is 26.3 Å². The van der Waals surface area contributed by atoms with E-state index in [0.29, 0.717) is 17.7 Å². The number of nitrogens with zero attached hydrogens (tertiary/aromatic N) is 4. The molecule has 0 bridgehead atoms. The highest BCUT2D eigenvalue weighted by Gasteiger charge is 2.18. The average molecular weight is 374 g/mol. The third-order valence-corrected chi connectivity index (χ3v) is 4.51. The summed E-state index contributed by atoms with van der Waals surface area (Å²) in [5.74, 6) is -0.383. The number of hydrogen-bond donors (Lipinski definition) is 0. The second-order valence-corrected chi connectivity index (χ2v) is 6.49. The van der Waals surface area contributed by atoms with Crippen LogP contribution in [0.25, 0.3) is 0 Å². The first-order chi connectivity index (χ1) is 13.6. The van der Waals surface area contributed by atoms with Crippen LogP contribution in [0.5, 0.6) is 0 Å². The van der Waals surface area contributed by atoms with Crippen molar-refractivity contribution in [3.05, 3.63) is 90.0 Å². The number of carbonyl (C=O) groups is 2. The maximum Gasteiger partial charge on any atom is 0.259 e. The Morgan fingerprint density at radius 1 is 0.857 bits per heavy atom. The molecule has 6 heteroatoms. The van der Waals surface area contributed by atoms with Gasteiger partial charge in [0.2, 0.25) is 0 Å². The summed E-state index contributed by atoms with van der Waals surface area (Å²) < 4.78 is 0. The molecule has 0 unspecified atom stereocenters. The minimum atomic E-state index is -0.215. The Morgan fingerprint density at radius 3 is 2.18 bits per heavy atom. The Morgan fingerprint density at radius 2 is 1.50 bits per heavy atom. The van der Waals surface area contributed by atoms with E-state index >= 15 is 0 Å². The van der Waals surface area contributed by atoms with Crippen LogP contribution in [0, 0.1) is 0 Å². The minimum absolute atomic E-state index is 0.168. The zero-order valence-electron chi connectivity index (χ0n) is 15.9. The Labute approximate surface area is 164 Å². The number of rotatable bonds is 6. The van der Waals surface area contributed by atoms with E-state index in [1.165, 1.54) is 12.4 Å². The summed E-state index contributed by atoms with van der Waals surface area (Å²) in [7, 11) is 3.45. The van der Waals surface area contributed by atoms with Gasteiger partial charge in [0.05, 0.1) is 11.1 Å². The van der Waals surface area contributed by atoms with Gasteiger partial charge in [-0.25, -0.2) is 0 Å². The molecule has 0 atom stereocenters. The minimum Gasteiger partial charge on any atom is -0.341 e. The Kier molecular flexibility index (Phi) is 6.11. The van der Waals surface area contributed by atoms with E-state index in [1.54, 1.807) is 42.4 Å². The molecule has 0 saturated heterocycles. The number of carbonyl (C=O) groups excluding carboxylic acids is 2. The van der Waals surface area contributed by atoms with Gasteiger partial charge in [0.1, 0.15) is 0 Å². The highest BCUT2D eigenvalue weighted by Crippen LogP contribution is 2.15. The largest absolute Gasteiger partial charge is 0.341 e. The van der Waals surface area contributed by atoms with Crippen LogP contribution in [-0.4, -0.2) is 47.3 Å². The number of para-hydroxylation sites is 1. The molecule has 0 fully saturated rings. The molecule has 28 heavy (non-hydrogen) atoms. The molecule has 3 rings (SSSR count). The lowest BCUT2D eigenvalue weighted by Crippen LogP contribution is -2.30. The van der Waals surface area contributed by atoms with Gasteiger partial charge in [-0.2, -0.15) is 0 Å². The first kappa shape index (κ1) is 19.2. The second-order valence-electron chi connectivity index (χ2n) is 6.49. The predicted molar refractivity (Wildman–Crippen MR) is 108 cm³/mol. The van der Waals surface area contributed by atoms with E-state index in [1.807, 2.05) is 42.5 Å². The van der Waals surface area contributed by atoms with Crippen LogP contribution in [0.3, 0.4) is 0 Å². The van der Waals surface area contributed by atoms with Crippen LogP contribution in [0.4, 0.5) is 5.69 Å². The van der Waals surface area contributed by atoms with Gasteiger partial charge in [-0.05, 0) is 42.3 Å². The number of amides is 2. The maximum atomic E-state index is 12.8. The molecule has 0 spiro atoms. The first-order valence-electron chi connectivity index (χ1n) is 8.99. The smallest absolute Gasteiger partial charge is 0.259 e. The zero-order chi connectivity index (χ0) is 19.9. The van der Waals surface area contributed by atoms with Gasteiger partial charge in [-0.3, -0.25) is 19.6 Å². The van der Waals surface area contributed by atoms with Crippen LogP contribution >= 0.6 is 0 Å². The van der Waals surface area contributed by atoms with Crippen LogP contribution < -0.4 is 4.90 Å². The fourth-order valence-electron chi connectivity index (χ4n) is 2.80. The van der Waals surface area contributed by atoms with E-state index in [9.17, 15) is 9.59 Å². The molecule has 142 valence electrons. The fraction of sp³-hybridized carbons (Fsp3) is 0.182. The van der Waals surface area contributed by atoms with Gasteiger partial charge in [-0.15, -0.1) is 0 Å². The van der Waals surface area contributed by atoms with Crippen molar-refractivity contribution in [1.82, 2.24) is 14.9 Å². The second kappa shape index (κ2) is 8.90. The van der Waals surface area contributed by atoms with Gasteiger partial charge in [0.15, 0.2) is 0 Å². The molecule has 0 N–H and O–H groups in total. The molecule has 2 amide bonds. The molecule has 0 aliphatic rings. The molecular weight excluding hydrogens is 352 g/mol. The third kappa shape index (κ3) is 4.59. The van der Waals surface area contributed by atoms with E-state index in [-0.39, 0.29) is 11.8 Å². The summed E-state index contributed by atoms with van der Waals surface area (Å²) in [5.41, 5.74) is 2.66. The molecule has 6 nitrogen and oxygen atoms in total. The van der Waals surface area contributed by atoms with Crippen LogP contribution in [0.2, 0.25) is 0 Å². The molecule has 1 aromatic carbocycles. The number of hydrogen-bond acceptors (Lipinski definition) is 4. The van der Waals surface area contributed by atoms with Crippen molar-refractivity contribution in [2.45, 2.75) is 6.42 Å². The van der Waals surface area contributed by atoms with E-state index < -0.39 is 0 Å². The number of anilines is 1. The van der Waals surface area contributed by atoms with Gasteiger partial charge in [0, 0.05) is 51.1 Å². The molecule has 3 aromatic rings. The summed E-state index contributed by atoms with van der Waals surface area (Å²) in [5, 5.41) is 0. The highest BCUT2D eigenvalue weighted by atomic mass is 16.2. The van der Waals surface area contributed by atoms with Gasteiger partial charge in [-0.1, -0.05) is 18.2 Å². The maximum absolute atomic E-state index is 12.8. The summed E-state index contributed by atoms with van der Waals surface area (Å²) in [6.45, 7) is 0.560. The molecule has 0 aliphatic heterocycles. The lowest BCUT2D eigenvalue weighted by Gasteiger charge is -2.19. The van der Waals surface area contributed by atoms with Gasteiger partial charge >= 0.3 is 0 Å². The van der Waals surface area contributed by atoms with Crippen molar-refractivity contribution in [2.24, 2.45) is 0 Å². The lowest BCUT2D eigenvalue weighted by atomic mass is 10.1. The van der Waals surface area contributed by atoms with E-state index in [4.69, 9.17) is 0 Å². The van der Waals surface area contributed by atoms with Crippen molar-refractivity contribution in [3.8, 4) is 0 Å². The molecular formula is C22H22N4O2. The standard InChI is InChI=1S/C22H22N4O2/c1-25(13-10-17-8-11-23-12-9-17)21(27)18-14-19(16-24-15-18)22(28)26(2)20-6-4-3-5-7-20/h3-9,11-12,14-16H,10,13H2,1-2H3. The monoisotopic (exact) mass is 374 g/mol.